The smallest absolute Gasteiger partial charge is 0.416 e. The van der Waals surface area contributed by atoms with Gasteiger partial charge in [-0.05, 0) is 49.1 Å². The average Bonchev–Trinajstić information content (AvgIpc) is 3.56. The summed E-state index contributed by atoms with van der Waals surface area (Å²) in [6.07, 6.45) is -3.59. The van der Waals surface area contributed by atoms with Crippen molar-refractivity contribution in [3.8, 4) is 17.3 Å². The summed E-state index contributed by atoms with van der Waals surface area (Å²) in [6.45, 7) is 4.32. The zero-order valence-electron chi connectivity index (χ0n) is 21.0. The highest BCUT2D eigenvalue weighted by Gasteiger charge is 2.40. The highest BCUT2D eigenvalue weighted by molar-refractivity contribution is 7.91. The molecule has 0 spiro atoms. The third-order valence-electron chi connectivity index (χ3n) is 5.87. The van der Waals surface area contributed by atoms with Crippen molar-refractivity contribution >= 4 is 38.9 Å². The molecule has 4 rings (SSSR count). The Labute approximate surface area is 233 Å². The molecule has 1 aliphatic rings. The number of aromatic nitrogens is 2. The van der Waals surface area contributed by atoms with E-state index in [4.69, 9.17) is 16.3 Å². The number of ether oxygens (including phenoxy) is 1. The molecule has 1 atom stereocenters. The largest absolute Gasteiger partial charge is 0.463 e. The van der Waals surface area contributed by atoms with Gasteiger partial charge in [-0.1, -0.05) is 37.6 Å². The SMILES string of the molecule is CC(C)COc1nc(CNC(=O)[C@H]2CCCN2S(=O)(=O)c2ccc(Cl)s2)cc(-c2ccc(C(F)(F)F)cc2)n1. The zero-order chi connectivity index (χ0) is 28.4. The van der Waals surface area contributed by atoms with E-state index in [1.807, 2.05) is 13.8 Å². The topological polar surface area (TPSA) is 101 Å². The third-order valence-corrected chi connectivity index (χ3v) is 9.48. The number of nitrogens with zero attached hydrogens (tertiary/aromatic N) is 3. The van der Waals surface area contributed by atoms with E-state index in [1.165, 1.54) is 28.6 Å². The number of sulfonamides is 1. The number of alkyl halides is 3. The summed E-state index contributed by atoms with van der Waals surface area (Å²) in [4.78, 5) is 21.7. The van der Waals surface area contributed by atoms with Crippen LogP contribution in [0.15, 0.2) is 46.7 Å². The molecule has 0 bridgehead atoms. The molecule has 1 amide bonds. The molecule has 210 valence electrons. The number of thiophene rings is 1. The van der Waals surface area contributed by atoms with Crippen molar-refractivity contribution in [2.45, 2.75) is 49.7 Å². The summed E-state index contributed by atoms with van der Waals surface area (Å²) in [5.74, 6) is -0.321. The minimum absolute atomic E-state index is 0.0185. The van der Waals surface area contributed by atoms with Crippen molar-refractivity contribution in [2.24, 2.45) is 5.92 Å². The molecule has 2 aromatic heterocycles. The lowest BCUT2D eigenvalue weighted by molar-refractivity contribution is -0.137. The van der Waals surface area contributed by atoms with Gasteiger partial charge in [0.2, 0.25) is 5.91 Å². The van der Waals surface area contributed by atoms with Gasteiger partial charge in [0.05, 0.1) is 34.4 Å². The summed E-state index contributed by atoms with van der Waals surface area (Å²) in [5.41, 5.74) is 0.297. The van der Waals surface area contributed by atoms with Gasteiger partial charge in [0, 0.05) is 12.1 Å². The van der Waals surface area contributed by atoms with Gasteiger partial charge >= 0.3 is 12.2 Å². The number of rotatable bonds is 9. The van der Waals surface area contributed by atoms with Gasteiger partial charge in [0.1, 0.15) is 10.3 Å². The van der Waals surface area contributed by atoms with Crippen LogP contribution in [0, 0.1) is 5.92 Å². The van der Waals surface area contributed by atoms with Crippen LogP contribution in [-0.4, -0.2) is 47.8 Å². The van der Waals surface area contributed by atoms with E-state index in [0.717, 1.165) is 23.5 Å². The van der Waals surface area contributed by atoms with Gasteiger partial charge < -0.3 is 10.1 Å². The first-order valence-corrected chi connectivity index (χ1v) is 14.7. The van der Waals surface area contributed by atoms with Gasteiger partial charge in [0.15, 0.2) is 0 Å². The lowest BCUT2D eigenvalue weighted by Crippen LogP contribution is -2.45. The monoisotopic (exact) mass is 602 g/mol. The molecule has 39 heavy (non-hydrogen) atoms. The lowest BCUT2D eigenvalue weighted by Gasteiger charge is -2.22. The lowest BCUT2D eigenvalue weighted by atomic mass is 10.1. The Morgan fingerprint density at radius 3 is 2.54 bits per heavy atom. The summed E-state index contributed by atoms with van der Waals surface area (Å²) in [5, 5.41) is 2.74. The Balaban J connectivity index is 1.53. The second kappa shape index (κ2) is 11.8. The molecule has 0 unspecified atom stereocenters. The van der Waals surface area contributed by atoms with Crippen molar-refractivity contribution in [2.75, 3.05) is 13.2 Å². The molecule has 1 fully saturated rings. The predicted octanol–water partition coefficient (Wildman–Crippen LogP) is 5.38. The molecule has 0 aliphatic carbocycles. The molecule has 0 radical (unpaired) electrons. The molecule has 1 aromatic carbocycles. The minimum Gasteiger partial charge on any atom is -0.463 e. The minimum atomic E-state index is -4.47. The number of carbonyl (C=O) groups is 1. The number of nitrogens with one attached hydrogen (secondary N) is 1. The van der Waals surface area contributed by atoms with Crippen LogP contribution in [-0.2, 0) is 27.5 Å². The molecule has 1 N–H and O–H groups in total. The average molecular weight is 603 g/mol. The van der Waals surface area contributed by atoms with Crippen LogP contribution in [0.4, 0.5) is 13.2 Å². The first-order valence-electron chi connectivity index (χ1n) is 12.1. The fourth-order valence-corrected chi connectivity index (χ4v) is 7.25. The van der Waals surface area contributed by atoms with E-state index in [2.05, 4.69) is 15.3 Å². The standard InChI is InChI=1S/C25H26ClF3N4O4S2/c1-15(2)14-37-24-31-18(12-19(32-24)16-5-7-17(8-6-16)25(27,28)29)13-30-23(34)20-4-3-11-33(20)39(35,36)22-10-9-21(26)38-22/h5-10,12,15,20H,3-4,11,13-14H2,1-2H3,(H,30,34)/t20-/m1/s1. The van der Waals surface area contributed by atoms with Crippen LogP contribution < -0.4 is 10.1 Å². The number of hydrogen-bond donors (Lipinski definition) is 1. The Kier molecular flexibility index (Phi) is 8.84. The Morgan fingerprint density at radius 1 is 1.21 bits per heavy atom. The molecule has 3 heterocycles. The Hall–Kier alpha value is -2.74. The van der Waals surface area contributed by atoms with Crippen molar-refractivity contribution in [1.82, 2.24) is 19.6 Å². The summed E-state index contributed by atoms with van der Waals surface area (Å²) >= 11 is 6.84. The van der Waals surface area contributed by atoms with Crippen molar-refractivity contribution in [3.05, 3.63) is 58.1 Å². The maximum atomic E-state index is 13.1. The van der Waals surface area contributed by atoms with Crippen molar-refractivity contribution in [3.63, 3.8) is 0 Å². The number of halogens is 4. The molecule has 1 saturated heterocycles. The van der Waals surface area contributed by atoms with Gasteiger partial charge in [-0.25, -0.2) is 8.42 Å². The molecule has 0 saturated carbocycles. The van der Waals surface area contributed by atoms with E-state index in [1.54, 1.807) is 6.07 Å². The fourth-order valence-electron chi connectivity index (χ4n) is 3.98. The molecule has 3 aromatic rings. The number of carbonyl (C=O) groups excluding carboxylic acids is 1. The van der Waals surface area contributed by atoms with Crippen LogP contribution >= 0.6 is 22.9 Å². The molecule has 8 nitrogen and oxygen atoms in total. The van der Waals surface area contributed by atoms with E-state index in [0.29, 0.717) is 40.7 Å². The first-order chi connectivity index (χ1) is 18.3. The van der Waals surface area contributed by atoms with Crippen LogP contribution in [0.1, 0.15) is 37.9 Å². The normalized spacial score (nSPS) is 16.5. The van der Waals surface area contributed by atoms with Gasteiger partial charge in [-0.15, -0.1) is 11.3 Å². The molecular weight excluding hydrogens is 577 g/mol. The van der Waals surface area contributed by atoms with Gasteiger partial charge in [0.25, 0.3) is 10.0 Å². The maximum Gasteiger partial charge on any atom is 0.416 e. The van der Waals surface area contributed by atoms with Crippen molar-refractivity contribution in [1.29, 1.82) is 0 Å². The molecule has 14 heteroatoms. The Morgan fingerprint density at radius 2 is 1.92 bits per heavy atom. The number of hydrogen-bond acceptors (Lipinski definition) is 7. The van der Waals surface area contributed by atoms with Crippen LogP contribution in [0.2, 0.25) is 4.34 Å². The predicted molar refractivity (Wildman–Crippen MR) is 141 cm³/mol. The maximum absolute atomic E-state index is 13.1. The highest BCUT2D eigenvalue weighted by atomic mass is 35.5. The van der Waals surface area contributed by atoms with Gasteiger partial charge in [-0.2, -0.15) is 27.4 Å². The van der Waals surface area contributed by atoms with Crippen LogP contribution in [0.3, 0.4) is 0 Å². The zero-order valence-corrected chi connectivity index (χ0v) is 23.4. The van der Waals surface area contributed by atoms with Crippen LogP contribution in [0.5, 0.6) is 6.01 Å². The first kappa shape index (κ1) is 29.2. The molecule has 1 aliphatic heterocycles. The summed E-state index contributed by atoms with van der Waals surface area (Å²) in [7, 11) is -3.89. The molecular formula is C25H26ClF3N4O4S2. The quantitative estimate of drug-likeness (QED) is 0.353. The Bertz CT molecular complexity index is 1430. The fraction of sp³-hybridized carbons (Fsp3) is 0.400. The van der Waals surface area contributed by atoms with Crippen molar-refractivity contribution < 1.29 is 31.1 Å². The third kappa shape index (κ3) is 7.07. The highest BCUT2D eigenvalue weighted by Crippen LogP contribution is 2.33. The summed E-state index contributed by atoms with van der Waals surface area (Å²) in [6, 6.07) is 8.10. The van der Waals surface area contributed by atoms with E-state index < -0.39 is 33.7 Å². The number of benzene rings is 1. The summed E-state index contributed by atoms with van der Waals surface area (Å²) < 4.78 is 72.4. The van der Waals surface area contributed by atoms with Crippen LogP contribution in [0.25, 0.3) is 11.3 Å². The second-order valence-corrected chi connectivity index (χ2v) is 13.2. The van der Waals surface area contributed by atoms with E-state index in [9.17, 15) is 26.4 Å². The van der Waals surface area contributed by atoms with E-state index >= 15 is 0 Å². The number of amides is 1. The van der Waals surface area contributed by atoms with Gasteiger partial charge in [-0.3, -0.25) is 4.79 Å². The second-order valence-electron chi connectivity index (χ2n) is 9.36. The van der Waals surface area contributed by atoms with E-state index in [-0.39, 0.29) is 29.2 Å².